The van der Waals surface area contributed by atoms with Crippen molar-refractivity contribution < 1.29 is 14.6 Å². The molecule has 2 aromatic carbocycles. The Hall–Kier alpha value is -3.44. The predicted molar refractivity (Wildman–Crippen MR) is 126 cm³/mol. The van der Waals surface area contributed by atoms with Crippen molar-refractivity contribution in [2.45, 2.75) is 39.7 Å². The lowest BCUT2D eigenvalue weighted by Crippen LogP contribution is -2.11. The van der Waals surface area contributed by atoms with Gasteiger partial charge in [0, 0.05) is 12.8 Å². The zero-order chi connectivity index (χ0) is 22.7. The highest BCUT2D eigenvalue weighted by atomic mass is 16.5. The minimum atomic E-state index is -0.929. The van der Waals surface area contributed by atoms with Crippen LogP contribution in [0.4, 0.5) is 0 Å². The van der Waals surface area contributed by atoms with Gasteiger partial charge in [0.15, 0.2) is 0 Å². The molecule has 32 heavy (non-hydrogen) atoms. The van der Waals surface area contributed by atoms with Gasteiger partial charge in [-0.3, -0.25) is 0 Å². The van der Waals surface area contributed by atoms with Crippen molar-refractivity contribution >= 4 is 11.6 Å². The first-order valence-electron chi connectivity index (χ1n) is 11.0. The molecule has 0 saturated heterocycles. The maximum atomic E-state index is 11.6. The number of imidazole rings is 1. The van der Waals surface area contributed by atoms with Crippen LogP contribution in [0.25, 0.3) is 16.8 Å². The number of pyridine rings is 1. The van der Waals surface area contributed by atoms with Gasteiger partial charge in [-0.25, -0.2) is 9.78 Å². The number of hydrogen-bond acceptors (Lipinski definition) is 3. The monoisotopic (exact) mass is 428 g/mol. The molecule has 4 rings (SSSR count). The Morgan fingerprint density at radius 2 is 1.81 bits per heavy atom. The highest BCUT2D eigenvalue weighted by Crippen LogP contribution is 2.31. The van der Waals surface area contributed by atoms with Crippen LogP contribution in [-0.2, 0) is 11.2 Å². The standard InChI is InChI=1S/C27H28N2O3/c1-4-8-21-17-29-24(16-11-18(3)26(29)28-21)25(32-5-2)20-14-12-19(13-15-20)22-9-6-7-10-23(22)27(30)31/h6-7,9-17,25H,4-5,8H2,1-3H3,(H,30,31). The van der Waals surface area contributed by atoms with Crippen molar-refractivity contribution in [3.8, 4) is 11.1 Å². The number of aromatic nitrogens is 2. The second-order valence-electron chi connectivity index (χ2n) is 7.93. The molecule has 1 N–H and O–H groups in total. The van der Waals surface area contributed by atoms with Gasteiger partial charge in [-0.2, -0.15) is 0 Å². The lowest BCUT2D eigenvalue weighted by atomic mass is 9.97. The molecule has 5 nitrogen and oxygen atoms in total. The fourth-order valence-corrected chi connectivity index (χ4v) is 4.14. The summed E-state index contributed by atoms with van der Waals surface area (Å²) in [5, 5.41) is 9.52. The predicted octanol–water partition coefficient (Wildman–Crippen LogP) is 6.09. The molecule has 0 spiro atoms. The molecule has 4 aromatic rings. The number of hydrogen-bond donors (Lipinski definition) is 1. The maximum absolute atomic E-state index is 11.6. The Kier molecular flexibility index (Phi) is 6.37. The van der Waals surface area contributed by atoms with Crippen LogP contribution in [0.15, 0.2) is 66.9 Å². The molecule has 1 unspecified atom stereocenters. The van der Waals surface area contributed by atoms with Crippen molar-refractivity contribution in [1.29, 1.82) is 0 Å². The van der Waals surface area contributed by atoms with Gasteiger partial charge < -0.3 is 14.2 Å². The van der Waals surface area contributed by atoms with Crippen LogP contribution in [0.2, 0.25) is 0 Å². The number of ether oxygens (including phenoxy) is 1. The van der Waals surface area contributed by atoms with E-state index in [9.17, 15) is 9.90 Å². The summed E-state index contributed by atoms with van der Waals surface area (Å²) >= 11 is 0. The van der Waals surface area contributed by atoms with E-state index in [2.05, 4.69) is 36.6 Å². The highest BCUT2D eigenvalue weighted by Gasteiger charge is 2.20. The van der Waals surface area contributed by atoms with Crippen LogP contribution in [0.1, 0.15) is 59.2 Å². The smallest absolute Gasteiger partial charge is 0.336 e. The maximum Gasteiger partial charge on any atom is 0.336 e. The van der Waals surface area contributed by atoms with E-state index in [1.54, 1.807) is 12.1 Å². The Morgan fingerprint density at radius 1 is 1.06 bits per heavy atom. The summed E-state index contributed by atoms with van der Waals surface area (Å²) in [6.07, 6.45) is 3.85. The molecule has 164 valence electrons. The number of carboxylic acids is 1. The minimum absolute atomic E-state index is 0.254. The molecule has 0 aliphatic rings. The Labute approximate surface area is 188 Å². The van der Waals surface area contributed by atoms with Crippen LogP contribution in [0.5, 0.6) is 0 Å². The van der Waals surface area contributed by atoms with Gasteiger partial charge in [-0.05, 0) is 54.7 Å². The zero-order valence-electron chi connectivity index (χ0n) is 18.7. The lowest BCUT2D eigenvalue weighted by Gasteiger charge is -2.20. The number of benzene rings is 2. The van der Waals surface area contributed by atoms with Crippen LogP contribution >= 0.6 is 0 Å². The topological polar surface area (TPSA) is 63.8 Å². The molecule has 0 aliphatic carbocycles. The molecule has 1 atom stereocenters. The Morgan fingerprint density at radius 3 is 2.50 bits per heavy atom. The van der Waals surface area contributed by atoms with Gasteiger partial charge in [0.2, 0.25) is 0 Å². The number of carboxylic acid groups (broad SMARTS) is 1. The van der Waals surface area contributed by atoms with E-state index in [1.165, 1.54) is 0 Å². The van der Waals surface area contributed by atoms with E-state index in [-0.39, 0.29) is 6.10 Å². The molecule has 2 heterocycles. The van der Waals surface area contributed by atoms with Gasteiger partial charge >= 0.3 is 5.97 Å². The van der Waals surface area contributed by atoms with Gasteiger partial charge in [0.05, 0.1) is 17.0 Å². The summed E-state index contributed by atoms with van der Waals surface area (Å²) in [7, 11) is 0. The second kappa shape index (κ2) is 9.37. The third-order valence-electron chi connectivity index (χ3n) is 5.68. The summed E-state index contributed by atoms with van der Waals surface area (Å²) in [5.41, 5.74) is 7.08. The van der Waals surface area contributed by atoms with Crippen LogP contribution in [-0.4, -0.2) is 27.1 Å². The highest BCUT2D eigenvalue weighted by molar-refractivity contribution is 5.96. The fourth-order valence-electron chi connectivity index (χ4n) is 4.14. The third kappa shape index (κ3) is 4.16. The summed E-state index contributed by atoms with van der Waals surface area (Å²) < 4.78 is 8.34. The molecule has 0 fully saturated rings. The first-order chi connectivity index (χ1) is 15.5. The fraction of sp³-hybridized carbons (Fsp3) is 0.259. The number of aryl methyl sites for hydroxylation is 2. The first kappa shape index (κ1) is 21.8. The number of aromatic carboxylic acids is 1. The van der Waals surface area contributed by atoms with Gasteiger partial charge in [-0.1, -0.05) is 61.9 Å². The molecule has 0 bridgehead atoms. The van der Waals surface area contributed by atoms with Crippen LogP contribution < -0.4 is 0 Å². The van der Waals surface area contributed by atoms with Crippen molar-refractivity contribution in [1.82, 2.24) is 9.38 Å². The van der Waals surface area contributed by atoms with E-state index in [0.717, 1.165) is 46.6 Å². The number of rotatable bonds is 8. The van der Waals surface area contributed by atoms with E-state index in [4.69, 9.17) is 9.72 Å². The van der Waals surface area contributed by atoms with Gasteiger partial charge in [-0.15, -0.1) is 0 Å². The molecular formula is C27H28N2O3. The minimum Gasteiger partial charge on any atom is -0.478 e. The third-order valence-corrected chi connectivity index (χ3v) is 5.68. The molecular weight excluding hydrogens is 400 g/mol. The molecule has 0 radical (unpaired) electrons. The van der Waals surface area contributed by atoms with E-state index < -0.39 is 5.97 Å². The van der Waals surface area contributed by atoms with E-state index >= 15 is 0 Å². The molecule has 5 heteroatoms. The van der Waals surface area contributed by atoms with Crippen molar-refractivity contribution in [3.63, 3.8) is 0 Å². The SMILES string of the molecule is CCCc1cn2c(C(OCC)c3ccc(-c4ccccc4C(=O)O)cc3)ccc(C)c2n1. The quantitative estimate of drug-likeness (QED) is 0.369. The number of carbonyl (C=O) groups is 1. The van der Waals surface area contributed by atoms with Gasteiger partial charge in [0.1, 0.15) is 11.8 Å². The van der Waals surface area contributed by atoms with Crippen molar-refractivity contribution in [2.75, 3.05) is 6.61 Å². The van der Waals surface area contributed by atoms with Crippen LogP contribution in [0, 0.1) is 6.92 Å². The normalized spacial score (nSPS) is 12.2. The summed E-state index contributed by atoms with van der Waals surface area (Å²) in [6.45, 7) is 6.80. The first-order valence-corrected chi connectivity index (χ1v) is 11.0. The zero-order valence-corrected chi connectivity index (χ0v) is 18.7. The number of fused-ring (bicyclic) bond motifs is 1. The molecule has 2 aromatic heterocycles. The van der Waals surface area contributed by atoms with Crippen molar-refractivity contribution in [3.05, 3.63) is 94.9 Å². The number of nitrogens with zero attached hydrogens (tertiary/aromatic N) is 2. The van der Waals surface area contributed by atoms with Crippen molar-refractivity contribution in [2.24, 2.45) is 0 Å². The van der Waals surface area contributed by atoms with Gasteiger partial charge in [0.25, 0.3) is 0 Å². The average Bonchev–Trinajstić information content (AvgIpc) is 3.23. The second-order valence-corrected chi connectivity index (χ2v) is 7.93. The van der Waals surface area contributed by atoms with E-state index in [1.807, 2.05) is 43.3 Å². The Balaban J connectivity index is 1.76. The molecule has 0 amide bonds. The molecule has 0 saturated carbocycles. The molecule has 0 aliphatic heterocycles. The largest absolute Gasteiger partial charge is 0.478 e. The average molecular weight is 429 g/mol. The Bertz CT molecular complexity index is 1240. The summed E-state index contributed by atoms with van der Waals surface area (Å²) in [5.74, 6) is -0.929. The summed E-state index contributed by atoms with van der Waals surface area (Å²) in [6, 6.07) is 19.2. The van der Waals surface area contributed by atoms with E-state index in [0.29, 0.717) is 17.7 Å². The summed E-state index contributed by atoms with van der Waals surface area (Å²) in [4.78, 5) is 16.4. The lowest BCUT2D eigenvalue weighted by molar-refractivity contribution is 0.0697. The van der Waals surface area contributed by atoms with Crippen LogP contribution in [0.3, 0.4) is 0 Å².